The molecule has 1 amide bonds. The average molecular weight is 312 g/mol. The Hall–Kier alpha value is -2.20. The first-order valence-electron chi connectivity index (χ1n) is 7.92. The Balaban J connectivity index is 1.73. The number of hydrogen-bond donors (Lipinski definition) is 1. The van der Waals surface area contributed by atoms with Crippen molar-refractivity contribution in [3.05, 3.63) is 71.5 Å². The van der Waals surface area contributed by atoms with E-state index >= 15 is 0 Å². The number of carbonyl (C=O) groups is 1. The van der Waals surface area contributed by atoms with Crippen molar-refractivity contribution in [3.8, 4) is 0 Å². The van der Waals surface area contributed by atoms with Crippen LogP contribution in [0, 0.1) is 5.82 Å². The fraction of sp³-hybridized carbons (Fsp3) is 0.316. The van der Waals surface area contributed by atoms with Gasteiger partial charge in [0.1, 0.15) is 11.9 Å². The van der Waals surface area contributed by atoms with Crippen LogP contribution in [0.4, 0.5) is 4.39 Å². The Kier molecular flexibility index (Phi) is 4.44. The van der Waals surface area contributed by atoms with Crippen molar-refractivity contribution >= 4 is 5.91 Å². The van der Waals surface area contributed by atoms with E-state index in [1.165, 1.54) is 12.1 Å². The van der Waals surface area contributed by atoms with Gasteiger partial charge in [-0.3, -0.25) is 4.79 Å². The molecule has 1 heterocycles. The molecule has 4 heteroatoms. The van der Waals surface area contributed by atoms with Crippen molar-refractivity contribution in [2.24, 2.45) is 5.73 Å². The third-order valence-electron chi connectivity index (χ3n) is 4.62. The maximum absolute atomic E-state index is 13.1. The molecule has 1 fully saturated rings. The lowest BCUT2D eigenvalue weighted by Crippen LogP contribution is -2.40. The standard InChI is InChI=1S/C19H21FN2O/c1-13-11-16(14-7-9-17(20)10-8-14)12-22(13)19(23)18(21)15-5-3-2-4-6-15/h2-10,13,16,18H,11-12,21H2,1H3. The van der Waals surface area contributed by atoms with E-state index in [-0.39, 0.29) is 23.7 Å². The fourth-order valence-corrected chi connectivity index (χ4v) is 3.30. The van der Waals surface area contributed by atoms with Gasteiger partial charge in [-0.15, -0.1) is 0 Å². The summed E-state index contributed by atoms with van der Waals surface area (Å²) in [5, 5.41) is 0. The number of amides is 1. The van der Waals surface area contributed by atoms with Gasteiger partial charge >= 0.3 is 0 Å². The van der Waals surface area contributed by atoms with E-state index in [4.69, 9.17) is 5.73 Å². The first-order chi connectivity index (χ1) is 11.1. The summed E-state index contributed by atoms with van der Waals surface area (Å²) in [6.45, 7) is 2.67. The minimum Gasteiger partial charge on any atom is -0.338 e. The summed E-state index contributed by atoms with van der Waals surface area (Å²) in [6, 6.07) is 15.5. The monoisotopic (exact) mass is 312 g/mol. The van der Waals surface area contributed by atoms with Gasteiger partial charge in [0.2, 0.25) is 5.91 Å². The van der Waals surface area contributed by atoms with Crippen LogP contribution in [0.15, 0.2) is 54.6 Å². The second-order valence-electron chi connectivity index (χ2n) is 6.21. The zero-order valence-corrected chi connectivity index (χ0v) is 13.2. The SMILES string of the molecule is CC1CC(c2ccc(F)cc2)CN1C(=O)C(N)c1ccccc1. The molecule has 1 aliphatic heterocycles. The Morgan fingerprint density at radius 2 is 1.83 bits per heavy atom. The maximum Gasteiger partial charge on any atom is 0.244 e. The van der Waals surface area contributed by atoms with Crippen LogP contribution < -0.4 is 5.73 Å². The number of nitrogens with two attached hydrogens (primary N) is 1. The molecule has 23 heavy (non-hydrogen) atoms. The van der Waals surface area contributed by atoms with Gasteiger partial charge in [-0.25, -0.2) is 4.39 Å². The molecule has 1 aliphatic rings. The smallest absolute Gasteiger partial charge is 0.244 e. The van der Waals surface area contributed by atoms with E-state index < -0.39 is 6.04 Å². The molecular formula is C19H21FN2O. The Labute approximate surface area is 135 Å². The Morgan fingerprint density at radius 3 is 2.48 bits per heavy atom. The number of nitrogens with zero attached hydrogens (tertiary/aromatic N) is 1. The number of rotatable bonds is 3. The molecule has 3 nitrogen and oxygen atoms in total. The molecule has 2 aromatic carbocycles. The molecule has 3 atom stereocenters. The number of carbonyl (C=O) groups excluding carboxylic acids is 1. The van der Waals surface area contributed by atoms with Crippen molar-refractivity contribution in [1.29, 1.82) is 0 Å². The van der Waals surface area contributed by atoms with Crippen LogP contribution in [-0.2, 0) is 4.79 Å². The molecule has 120 valence electrons. The number of halogens is 1. The lowest BCUT2D eigenvalue weighted by atomic mass is 9.97. The molecule has 3 rings (SSSR count). The van der Waals surface area contributed by atoms with Gasteiger partial charge in [0.15, 0.2) is 0 Å². The fourth-order valence-electron chi connectivity index (χ4n) is 3.30. The van der Waals surface area contributed by atoms with E-state index in [2.05, 4.69) is 0 Å². The van der Waals surface area contributed by atoms with Gasteiger partial charge in [0.05, 0.1) is 0 Å². The van der Waals surface area contributed by atoms with Crippen LogP contribution >= 0.6 is 0 Å². The average Bonchev–Trinajstić information content (AvgIpc) is 2.96. The second-order valence-corrected chi connectivity index (χ2v) is 6.21. The zero-order valence-electron chi connectivity index (χ0n) is 13.2. The van der Waals surface area contributed by atoms with Crippen molar-refractivity contribution in [2.45, 2.75) is 31.3 Å². The van der Waals surface area contributed by atoms with Gasteiger partial charge in [-0.2, -0.15) is 0 Å². The molecule has 2 aromatic rings. The van der Waals surface area contributed by atoms with Crippen LogP contribution in [-0.4, -0.2) is 23.4 Å². The summed E-state index contributed by atoms with van der Waals surface area (Å²) in [6.07, 6.45) is 0.874. The molecule has 2 N–H and O–H groups in total. The summed E-state index contributed by atoms with van der Waals surface area (Å²) < 4.78 is 13.1. The molecule has 0 saturated carbocycles. The first kappa shape index (κ1) is 15.7. The predicted octanol–water partition coefficient (Wildman–Crippen LogP) is 3.23. The quantitative estimate of drug-likeness (QED) is 0.946. The highest BCUT2D eigenvalue weighted by molar-refractivity contribution is 5.83. The molecule has 0 aliphatic carbocycles. The van der Waals surface area contributed by atoms with Crippen molar-refractivity contribution in [2.75, 3.05) is 6.54 Å². The topological polar surface area (TPSA) is 46.3 Å². The number of hydrogen-bond acceptors (Lipinski definition) is 2. The van der Waals surface area contributed by atoms with E-state index in [0.717, 1.165) is 17.5 Å². The van der Waals surface area contributed by atoms with E-state index in [0.29, 0.717) is 6.54 Å². The number of likely N-dealkylation sites (tertiary alicyclic amines) is 1. The predicted molar refractivity (Wildman–Crippen MR) is 88.3 cm³/mol. The Bertz CT molecular complexity index is 672. The third kappa shape index (κ3) is 3.27. The highest BCUT2D eigenvalue weighted by Gasteiger charge is 2.35. The Morgan fingerprint density at radius 1 is 1.17 bits per heavy atom. The summed E-state index contributed by atoms with van der Waals surface area (Å²) in [7, 11) is 0. The van der Waals surface area contributed by atoms with Crippen molar-refractivity contribution < 1.29 is 9.18 Å². The van der Waals surface area contributed by atoms with Gasteiger partial charge in [-0.1, -0.05) is 42.5 Å². The van der Waals surface area contributed by atoms with E-state index in [9.17, 15) is 9.18 Å². The second kappa shape index (κ2) is 6.50. The molecule has 0 bridgehead atoms. The molecular weight excluding hydrogens is 291 g/mol. The molecule has 3 unspecified atom stereocenters. The van der Waals surface area contributed by atoms with Crippen molar-refractivity contribution in [1.82, 2.24) is 4.90 Å². The highest BCUT2D eigenvalue weighted by Crippen LogP contribution is 2.33. The highest BCUT2D eigenvalue weighted by atomic mass is 19.1. The summed E-state index contributed by atoms with van der Waals surface area (Å²) >= 11 is 0. The lowest BCUT2D eigenvalue weighted by Gasteiger charge is -2.25. The first-order valence-corrected chi connectivity index (χ1v) is 7.92. The normalized spacial score (nSPS) is 22.1. The third-order valence-corrected chi connectivity index (χ3v) is 4.62. The van der Waals surface area contributed by atoms with Gasteiger partial charge < -0.3 is 10.6 Å². The van der Waals surface area contributed by atoms with Crippen molar-refractivity contribution in [3.63, 3.8) is 0 Å². The lowest BCUT2D eigenvalue weighted by molar-refractivity contribution is -0.133. The molecule has 0 aromatic heterocycles. The zero-order chi connectivity index (χ0) is 16.4. The maximum atomic E-state index is 13.1. The molecule has 1 saturated heterocycles. The number of benzene rings is 2. The largest absolute Gasteiger partial charge is 0.338 e. The van der Waals surface area contributed by atoms with Crippen LogP contribution in [0.5, 0.6) is 0 Å². The summed E-state index contributed by atoms with van der Waals surface area (Å²) in [4.78, 5) is 14.6. The van der Waals surface area contributed by atoms with Crippen LogP contribution in [0.1, 0.15) is 36.4 Å². The minimum atomic E-state index is -0.634. The molecule has 0 radical (unpaired) electrons. The minimum absolute atomic E-state index is 0.0479. The van der Waals surface area contributed by atoms with Crippen LogP contribution in [0.2, 0.25) is 0 Å². The van der Waals surface area contributed by atoms with Crippen LogP contribution in [0.3, 0.4) is 0 Å². The van der Waals surface area contributed by atoms with Gasteiger partial charge in [-0.05, 0) is 36.6 Å². The summed E-state index contributed by atoms with van der Waals surface area (Å²) in [5.41, 5.74) is 8.04. The van der Waals surface area contributed by atoms with E-state index in [1.807, 2.05) is 42.2 Å². The summed E-state index contributed by atoms with van der Waals surface area (Å²) in [5.74, 6) is -0.0512. The van der Waals surface area contributed by atoms with Crippen LogP contribution in [0.25, 0.3) is 0 Å². The van der Waals surface area contributed by atoms with Gasteiger partial charge in [0, 0.05) is 18.5 Å². The molecule has 0 spiro atoms. The van der Waals surface area contributed by atoms with Gasteiger partial charge in [0.25, 0.3) is 0 Å². The van der Waals surface area contributed by atoms with E-state index in [1.54, 1.807) is 12.1 Å².